The van der Waals surface area contributed by atoms with E-state index in [0.29, 0.717) is 5.89 Å². The van der Waals surface area contributed by atoms with Gasteiger partial charge in [-0.2, -0.15) is 0 Å². The fourth-order valence-corrected chi connectivity index (χ4v) is 1.72. The van der Waals surface area contributed by atoms with Crippen LogP contribution in [0.3, 0.4) is 0 Å². The second-order valence-electron chi connectivity index (χ2n) is 4.10. The predicted molar refractivity (Wildman–Crippen MR) is 85.5 cm³/mol. The average Bonchev–Trinajstić information content (AvgIpc) is 3.29. The minimum atomic E-state index is 0.189. The van der Waals surface area contributed by atoms with Gasteiger partial charge < -0.3 is 15.6 Å². The van der Waals surface area contributed by atoms with Gasteiger partial charge in [0.1, 0.15) is 0 Å². The van der Waals surface area contributed by atoms with E-state index in [1.165, 1.54) is 6.08 Å². The third-order valence-electron chi connectivity index (χ3n) is 2.74. The molecule has 114 valence electrons. The van der Waals surface area contributed by atoms with Gasteiger partial charge in [-0.05, 0) is 30.3 Å². The summed E-state index contributed by atoms with van der Waals surface area (Å²) < 4.78 is 7.11. The zero-order chi connectivity index (χ0) is 16.7. The largest absolute Gasteiger partial charge is 0.415 e. The predicted octanol–water partition coefficient (Wildman–Crippen LogP) is 1.52. The van der Waals surface area contributed by atoms with Gasteiger partial charge in [0.25, 0.3) is 5.89 Å². The number of terminal acetylenes is 1. The highest BCUT2D eigenvalue weighted by Gasteiger charge is 2.10. The van der Waals surface area contributed by atoms with Gasteiger partial charge in [-0.25, -0.2) is 4.68 Å². The number of nitrogens with zero attached hydrogens (tertiary/aromatic N) is 5. The molecule has 1 aromatic carbocycles. The molecule has 0 bridgehead atoms. The molecule has 0 aliphatic heterocycles. The van der Waals surface area contributed by atoms with Crippen LogP contribution in [0.2, 0.25) is 0 Å². The van der Waals surface area contributed by atoms with Crippen LogP contribution in [-0.2, 0) is 0 Å². The maximum atomic E-state index is 6.96. The van der Waals surface area contributed by atoms with Gasteiger partial charge in [0.2, 0.25) is 5.89 Å². The summed E-state index contributed by atoms with van der Waals surface area (Å²) in [6, 6.07) is 7.41. The molecule has 3 rings (SSSR count). The maximum Gasteiger partial charge on any atom is 0.263 e. The van der Waals surface area contributed by atoms with Crippen LogP contribution in [-0.4, -0.2) is 31.4 Å². The van der Waals surface area contributed by atoms with Gasteiger partial charge in [0, 0.05) is 11.8 Å². The van der Waals surface area contributed by atoms with E-state index in [0.717, 1.165) is 17.5 Å². The van der Waals surface area contributed by atoms with Crippen LogP contribution in [0.5, 0.6) is 0 Å². The Kier molecular flexibility index (Phi) is 4.99. The van der Waals surface area contributed by atoms with Gasteiger partial charge >= 0.3 is 0 Å². The van der Waals surface area contributed by atoms with Crippen molar-refractivity contribution in [1.29, 1.82) is 5.41 Å². The number of hydrogen-bond donors (Lipinski definition) is 2. The standard InChI is InChI=1S/C13H11N7O.C2H2/c14-6-5-11(15)13-18-17-12(21-13)9-1-3-10(4-2-9)20-8-7-16-19-20;1-2/h1-8,14H,15H2;1-2H/b11-5-,14-6?;. The molecule has 0 aliphatic carbocycles. The Balaban J connectivity index is 0.000000924. The summed E-state index contributed by atoms with van der Waals surface area (Å²) in [5.41, 5.74) is 7.57. The first kappa shape index (κ1) is 15.7. The normalized spacial score (nSPS) is 10.6. The molecule has 8 nitrogen and oxygen atoms in total. The third-order valence-corrected chi connectivity index (χ3v) is 2.74. The van der Waals surface area contributed by atoms with Gasteiger partial charge in [-0.1, -0.05) is 5.21 Å². The van der Waals surface area contributed by atoms with Crippen molar-refractivity contribution < 1.29 is 4.42 Å². The van der Waals surface area contributed by atoms with Crippen molar-refractivity contribution in [3.05, 3.63) is 48.6 Å². The maximum absolute atomic E-state index is 6.96. The number of nitrogens with one attached hydrogen (secondary N) is 1. The van der Waals surface area contributed by atoms with Crippen LogP contribution in [0, 0.1) is 18.3 Å². The lowest BCUT2D eigenvalue weighted by molar-refractivity contribution is 0.552. The van der Waals surface area contributed by atoms with Crippen molar-refractivity contribution in [3.63, 3.8) is 0 Å². The van der Waals surface area contributed by atoms with Crippen LogP contribution >= 0.6 is 0 Å². The highest BCUT2D eigenvalue weighted by Crippen LogP contribution is 2.20. The van der Waals surface area contributed by atoms with Crippen LogP contribution in [0.4, 0.5) is 0 Å². The summed E-state index contributed by atoms with van der Waals surface area (Å²) in [6.07, 6.45) is 13.8. The third kappa shape index (κ3) is 3.48. The molecule has 0 atom stereocenters. The molecule has 0 radical (unpaired) electrons. The number of rotatable bonds is 4. The summed E-state index contributed by atoms with van der Waals surface area (Å²) in [7, 11) is 0. The fourth-order valence-electron chi connectivity index (χ4n) is 1.72. The molecule has 2 aromatic heterocycles. The highest BCUT2D eigenvalue weighted by atomic mass is 16.4. The Bertz CT molecular complexity index is 813. The quantitative estimate of drug-likeness (QED) is 0.557. The zero-order valence-electron chi connectivity index (χ0n) is 12.0. The molecule has 2 heterocycles. The Morgan fingerprint density at radius 2 is 1.96 bits per heavy atom. The van der Waals surface area contributed by atoms with Crippen LogP contribution in [0.1, 0.15) is 5.89 Å². The van der Waals surface area contributed by atoms with Gasteiger partial charge in [0.05, 0.1) is 23.8 Å². The van der Waals surface area contributed by atoms with E-state index in [9.17, 15) is 0 Å². The average molecular weight is 307 g/mol. The lowest BCUT2D eigenvalue weighted by Crippen LogP contribution is -1.96. The van der Waals surface area contributed by atoms with Gasteiger partial charge in [-0.15, -0.1) is 28.1 Å². The van der Waals surface area contributed by atoms with E-state index in [1.807, 2.05) is 24.3 Å². The molecule has 0 unspecified atom stereocenters. The molecular formula is C15H13N7O. The Morgan fingerprint density at radius 1 is 1.22 bits per heavy atom. The molecule has 0 aliphatic rings. The van der Waals surface area contributed by atoms with Crippen molar-refractivity contribution in [2.75, 3.05) is 0 Å². The summed E-state index contributed by atoms with van der Waals surface area (Å²) in [5, 5.41) is 22.4. The molecule has 0 amide bonds. The van der Waals surface area contributed by atoms with Crippen molar-refractivity contribution in [2.24, 2.45) is 5.73 Å². The molecule has 0 fully saturated rings. The Morgan fingerprint density at radius 3 is 2.57 bits per heavy atom. The number of hydrogen-bond acceptors (Lipinski definition) is 7. The second-order valence-corrected chi connectivity index (χ2v) is 4.10. The lowest BCUT2D eigenvalue weighted by atomic mass is 10.2. The first-order valence-electron chi connectivity index (χ1n) is 6.38. The molecule has 0 saturated carbocycles. The van der Waals surface area contributed by atoms with Crippen molar-refractivity contribution in [2.45, 2.75) is 0 Å². The van der Waals surface area contributed by atoms with Crippen molar-refractivity contribution in [3.8, 4) is 30.0 Å². The van der Waals surface area contributed by atoms with E-state index in [-0.39, 0.29) is 11.6 Å². The number of nitrogens with two attached hydrogens (primary N) is 1. The minimum Gasteiger partial charge on any atom is -0.415 e. The Labute approximate surface area is 132 Å². The van der Waals surface area contributed by atoms with Crippen LogP contribution < -0.4 is 5.73 Å². The van der Waals surface area contributed by atoms with E-state index >= 15 is 0 Å². The van der Waals surface area contributed by atoms with Gasteiger partial charge in [0.15, 0.2) is 0 Å². The first-order valence-corrected chi connectivity index (χ1v) is 6.38. The first-order chi connectivity index (χ1) is 11.3. The molecule has 3 aromatic rings. The van der Waals surface area contributed by atoms with Gasteiger partial charge in [-0.3, -0.25) is 0 Å². The Hall–Kier alpha value is -3.73. The van der Waals surface area contributed by atoms with Crippen LogP contribution in [0.15, 0.2) is 47.2 Å². The lowest BCUT2D eigenvalue weighted by Gasteiger charge is -2.00. The molecule has 3 N–H and O–H groups in total. The zero-order valence-corrected chi connectivity index (χ0v) is 12.0. The summed E-state index contributed by atoms with van der Waals surface area (Å²) in [6.45, 7) is 0. The van der Waals surface area contributed by atoms with Crippen molar-refractivity contribution in [1.82, 2.24) is 25.2 Å². The van der Waals surface area contributed by atoms with E-state index in [4.69, 9.17) is 15.6 Å². The highest BCUT2D eigenvalue weighted by molar-refractivity contribution is 5.79. The molecule has 0 saturated heterocycles. The number of allylic oxidation sites excluding steroid dienone is 1. The SMILES string of the molecule is C#C.N=C/C=C(\N)c1nnc(-c2ccc(-n3ccnn3)cc2)o1. The smallest absolute Gasteiger partial charge is 0.263 e. The summed E-state index contributed by atoms with van der Waals surface area (Å²) in [4.78, 5) is 0. The summed E-state index contributed by atoms with van der Waals surface area (Å²) in [5.74, 6) is 0.547. The molecule has 8 heteroatoms. The molecular weight excluding hydrogens is 294 g/mol. The van der Waals surface area contributed by atoms with E-state index in [2.05, 4.69) is 33.4 Å². The molecule has 23 heavy (non-hydrogen) atoms. The minimum absolute atomic E-state index is 0.189. The monoisotopic (exact) mass is 307 g/mol. The number of benzene rings is 1. The van der Waals surface area contributed by atoms with Crippen molar-refractivity contribution >= 4 is 11.9 Å². The second kappa shape index (κ2) is 7.33. The number of aromatic nitrogens is 5. The summed E-state index contributed by atoms with van der Waals surface area (Å²) >= 11 is 0. The van der Waals surface area contributed by atoms with Crippen LogP contribution in [0.25, 0.3) is 22.8 Å². The van der Waals surface area contributed by atoms with E-state index in [1.54, 1.807) is 17.1 Å². The van der Waals surface area contributed by atoms with E-state index < -0.39 is 0 Å². The fraction of sp³-hybridized carbons (Fsp3) is 0. The topological polar surface area (TPSA) is 120 Å². The molecule has 0 spiro atoms.